The van der Waals surface area contributed by atoms with Gasteiger partial charge in [-0.2, -0.15) is 11.8 Å². The second kappa shape index (κ2) is 6.61. The van der Waals surface area contributed by atoms with Crippen molar-refractivity contribution in [3.8, 4) is 0 Å². The van der Waals surface area contributed by atoms with Crippen LogP contribution in [0, 0.1) is 0 Å². The van der Waals surface area contributed by atoms with Gasteiger partial charge < -0.3 is 9.84 Å². The predicted octanol–water partition coefficient (Wildman–Crippen LogP) is 1.45. The third-order valence-corrected chi connectivity index (χ3v) is 4.77. The molecule has 0 amide bonds. The third-order valence-electron chi connectivity index (χ3n) is 3.57. The van der Waals surface area contributed by atoms with Crippen molar-refractivity contribution in [2.24, 2.45) is 0 Å². The van der Waals surface area contributed by atoms with Crippen LogP contribution in [-0.2, 0) is 9.53 Å². The van der Waals surface area contributed by atoms with E-state index in [9.17, 15) is 4.79 Å². The number of nitrogens with zero attached hydrogens (tertiary/aromatic N) is 1. The predicted molar refractivity (Wildman–Crippen MR) is 68.5 cm³/mol. The van der Waals surface area contributed by atoms with E-state index in [4.69, 9.17) is 9.84 Å². The number of thioether (sulfide) groups is 1. The Hall–Kier alpha value is -0.260. The Morgan fingerprint density at radius 1 is 1.35 bits per heavy atom. The average Bonchev–Trinajstić information content (AvgIpc) is 2.38. The summed E-state index contributed by atoms with van der Waals surface area (Å²) in [5.74, 6) is 1.71. The summed E-state index contributed by atoms with van der Waals surface area (Å²) in [7, 11) is 0. The van der Waals surface area contributed by atoms with E-state index in [0.29, 0.717) is 0 Å². The number of carbonyl (C=O) groups is 1. The zero-order chi connectivity index (χ0) is 12.1. The number of carboxylic acids is 1. The molecular weight excluding hydrogens is 238 g/mol. The van der Waals surface area contributed by atoms with Gasteiger partial charge in [-0.15, -0.1) is 0 Å². The van der Waals surface area contributed by atoms with Gasteiger partial charge in [0.1, 0.15) is 6.61 Å². The highest BCUT2D eigenvalue weighted by Gasteiger charge is 2.26. The fraction of sp³-hybridized carbons (Fsp3) is 0.917. The largest absolute Gasteiger partial charge is 0.480 e. The molecule has 2 fully saturated rings. The van der Waals surface area contributed by atoms with Crippen molar-refractivity contribution in [1.82, 2.24) is 4.90 Å². The van der Waals surface area contributed by atoms with Crippen LogP contribution in [0.4, 0.5) is 0 Å². The maximum atomic E-state index is 10.4. The quantitative estimate of drug-likeness (QED) is 0.828. The van der Waals surface area contributed by atoms with E-state index in [2.05, 4.69) is 16.7 Å². The molecule has 5 heteroatoms. The van der Waals surface area contributed by atoms with E-state index in [-0.39, 0.29) is 12.7 Å². The first kappa shape index (κ1) is 13.2. The van der Waals surface area contributed by atoms with E-state index in [0.717, 1.165) is 32.0 Å². The highest BCUT2D eigenvalue weighted by Crippen LogP contribution is 2.25. The van der Waals surface area contributed by atoms with Crippen molar-refractivity contribution in [1.29, 1.82) is 0 Å². The van der Waals surface area contributed by atoms with Crippen molar-refractivity contribution >= 4 is 17.7 Å². The molecule has 1 unspecified atom stereocenters. The van der Waals surface area contributed by atoms with Gasteiger partial charge in [0.25, 0.3) is 0 Å². The minimum Gasteiger partial charge on any atom is -0.480 e. The Morgan fingerprint density at radius 2 is 2.12 bits per heavy atom. The van der Waals surface area contributed by atoms with Crippen LogP contribution in [0.25, 0.3) is 0 Å². The maximum Gasteiger partial charge on any atom is 0.329 e. The molecule has 17 heavy (non-hydrogen) atoms. The molecule has 0 bridgehead atoms. The molecule has 2 rings (SSSR count). The number of carboxylic acid groups (broad SMARTS) is 1. The summed E-state index contributed by atoms with van der Waals surface area (Å²) in [6.45, 7) is 1.98. The van der Waals surface area contributed by atoms with Gasteiger partial charge in [-0.25, -0.2) is 4.79 Å². The van der Waals surface area contributed by atoms with Gasteiger partial charge in [-0.3, -0.25) is 4.90 Å². The van der Waals surface area contributed by atoms with Crippen molar-refractivity contribution in [2.75, 3.05) is 31.2 Å². The zero-order valence-electron chi connectivity index (χ0n) is 10.1. The first-order valence-corrected chi connectivity index (χ1v) is 7.56. The highest BCUT2D eigenvalue weighted by atomic mass is 32.2. The molecule has 0 spiro atoms. The highest BCUT2D eigenvalue weighted by molar-refractivity contribution is 7.99. The summed E-state index contributed by atoms with van der Waals surface area (Å²) in [5.41, 5.74) is 0. The third kappa shape index (κ3) is 4.16. The Labute approximate surface area is 107 Å². The number of hydrogen-bond acceptors (Lipinski definition) is 4. The van der Waals surface area contributed by atoms with Crippen LogP contribution in [0.3, 0.4) is 0 Å². The van der Waals surface area contributed by atoms with Crippen molar-refractivity contribution in [3.63, 3.8) is 0 Å². The zero-order valence-corrected chi connectivity index (χ0v) is 11.0. The Morgan fingerprint density at radius 3 is 2.71 bits per heavy atom. The second-order valence-corrected chi connectivity index (χ2v) is 5.96. The molecule has 2 aliphatic rings. The lowest BCUT2D eigenvalue weighted by Gasteiger charge is -2.38. The molecule has 4 nitrogen and oxygen atoms in total. The normalized spacial score (nSPS) is 28.1. The summed E-state index contributed by atoms with van der Waals surface area (Å²) < 4.78 is 5.35. The topological polar surface area (TPSA) is 49.8 Å². The molecule has 0 aromatic heterocycles. The summed E-state index contributed by atoms with van der Waals surface area (Å²) in [5, 5.41) is 8.56. The summed E-state index contributed by atoms with van der Waals surface area (Å²) in [6, 6.07) is 0.745. The standard InChI is InChI=1S/C12H21NO3S/c14-12(15)8-16-11-3-5-13(6-4-11)10-2-1-7-17-9-10/h10-11H,1-9H2,(H,14,15). The Balaban J connectivity index is 1.68. The van der Waals surface area contributed by atoms with Crippen LogP contribution in [0.2, 0.25) is 0 Å². The van der Waals surface area contributed by atoms with E-state index in [1.807, 2.05) is 0 Å². The van der Waals surface area contributed by atoms with Gasteiger partial charge in [0.05, 0.1) is 6.10 Å². The molecule has 2 saturated heterocycles. The Kier molecular flexibility index (Phi) is 5.13. The minimum absolute atomic E-state index is 0.149. The van der Waals surface area contributed by atoms with Crippen LogP contribution < -0.4 is 0 Å². The number of rotatable bonds is 4. The maximum absolute atomic E-state index is 10.4. The van der Waals surface area contributed by atoms with Crippen LogP contribution >= 0.6 is 11.8 Å². The lowest BCUT2D eigenvalue weighted by atomic mass is 10.0. The molecule has 98 valence electrons. The summed E-state index contributed by atoms with van der Waals surface area (Å²) in [6.07, 6.45) is 4.78. The number of hydrogen-bond donors (Lipinski definition) is 1. The molecule has 0 radical (unpaired) electrons. The van der Waals surface area contributed by atoms with Crippen molar-refractivity contribution in [3.05, 3.63) is 0 Å². The van der Waals surface area contributed by atoms with Crippen LogP contribution in [0.1, 0.15) is 25.7 Å². The van der Waals surface area contributed by atoms with Gasteiger partial charge >= 0.3 is 5.97 Å². The van der Waals surface area contributed by atoms with E-state index in [1.54, 1.807) is 0 Å². The lowest BCUT2D eigenvalue weighted by molar-refractivity contribution is -0.145. The molecule has 0 aromatic carbocycles. The van der Waals surface area contributed by atoms with Crippen molar-refractivity contribution < 1.29 is 14.6 Å². The summed E-state index contributed by atoms with van der Waals surface area (Å²) >= 11 is 2.06. The first-order chi connectivity index (χ1) is 8.25. The van der Waals surface area contributed by atoms with Crippen molar-refractivity contribution in [2.45, 2.75) is 37.8 Å². The number of aliphatic carboxylic acids is 1. The SMILES string of the molecule is O=C(O)COC1CCN(C2CCCSC2)CC1. The van der Waals surface area contributed by atoms with E-state index < -0.39 is 5.97 Å². The smallest absolute Gasteiger partial charge is 0.329 e. The minimum atomic E-state index is -0.865. The summed E-state index contributed by atoms with van der Waals surface area (Å²) in [4.78, 5) is 13.0. The van der Waals surface area contributed by atoms with Gasteiger partial charge in [-0.05, 0) is 31.4 Å². The van der Waals surface area contributed by atoms with E-state index >= 15 is 0 Å². The van der Waals surface area contributed by atoms with Crippen LogP contribution in [0.5, 0.6) is 0 Å². The van der Waals surface area contributed by atoms with Gasteiger partial charge in [-0.1, -0.05) is 0 Å². The molecule has 2 aliphatic heterocycles. The molecule has 1 N–H and O–H groups in total. The number of ether oxygens (including phenoxy) is 1. The van der Waals surface area contributed by atoms with Crippen LogP contribution in [0.15, 0.2) is 0 Å². The van der Waals surface area contributed by atoms with Gasteiger partial charge in [0.2, 0.25) is 0 Å². The molecule has 0 aliphatic carbocycles. The fourth-order valence-corrected chi connectivity index (χ4v) is 3.80. The second-order valence-electron chi connectivity index (χ2n) is 4.81. The van der Waals surface area contributed by atoms with Gasteiger partial charge in [0, 0.05) is 24.9 Å². The molecule has 1 atom stereocenters. The average molecular weight is 259 g/mol. The molecule has 0 aromatic rings. The van der Waals surface area contributed by atoms with Crippen LogP contribution in [-0.4, -0.2) is 59.3 Å². The van der Waals surface area contributed by atoms with Gasteiger partial charge in [0.15, 0.2) is 0 Å². The van der Waals surface area contributed by atoms with E-state index in [1.165, 1.54) is 24.3 Å². The number of likely N-dealkylation sites (tertiary alicyclic amines) is 1. The molecule has 2 heterocycles. The monoisotopic (exact) mass is 259 g/mol. The fourth-order valence-electron chi connectivity index (χ4n) is 2.61. The molecular formula is C12H21NO3S. The number of piperidine rings is 1. The Bertz CT molecular complexity index is 248. The lowest BCUT2D eigenvalue weighted by Crippen LogP contribution is -2.45. The molecule has 0 saturated carbocycles. The first-order valence-electron chi connectivity index (χ1n) is 6.41.